The number of benzene rings is 5. The number of amidine groups is 2. The van der Waals surface area contributed by atoms with Crippen molar-refractivity contribution in [3.05, 3.63) is 173 Å². The molecule has 1 N–H and O–H groups in total. The van der Waals surface area contributed by atoms with E-state index >= 15 is 0 Å². The van der Waals surface area contributed by atoms with E-state index in [9.17, 15) is 0 Å². The second-order valence-corrected chi connectivity index (χ2v) is 11.8. The second kappa shape index (κ2) is 9.86. The Morgan fingerprint density at radius 2 is 1.49 bits per heavy atom. The van der Waals surface area contributed by atoms with E-state index in [1.807, 2.05) is 54.6 Å². The smallest absolute Gasteiger partial charge is 0.159 e. The monoisotopic (exact) mass is 580 g/mol. The topological polar surface area (TPSA) is 62.8 Å². The molecule has 0 saturated carbocycles. The summed E-state index contributed by atoms with van der Waals surface area (Å²) in [5, 5.41) is 5.91. The minimum atomic E-state index is -0.382. The molecule has 2 aliphatic rings. The number of para-hydroxylation sites is 1. The van der Waals surface area contributed by atoms with Gasteiger partial charge in [-0.3, -0.25) is 4.98 Å². The number of hydrogen-bond acceptors (Lipinski definition) is 5. The molecule has 0 radical (unpaired) electrons. The van der Waals surface area contributed by atoms with Gasteiger partial charge in [-0.2, -0.15) is 0 Å². The number of nitrogens with one attached hydrogen (secondary N) is 1. The number of nitrogens with zero attached hydrogens (tertiary/aromatic N) is 3. The van der Waals surface area contributed by atoms with Crippen LogP contribution in [0.5, 0.6) is 0 Å². The average molecular weight is 581 g/mol. The minimum absolute atomic E-state index is 0.349. The second-order valence-electron chi connectivity index (χ2n) is 11.8. The Morgan fingerprint density at radius 3 is 2.31 bits per heavy atom. The number of furan rings is 1. The predicted molar refractivity (Wildman–Crippen MR) is 181 cm³/mol. The van der Waals surface area contributed by atoms with Crippen molar-refractivity contribution in [1.82, 2.24) is 10.3 Å². The molecular weight excluding hydrogens is 552 g/mol. The molecule has 0 spiro atoms. The Hall–Kier alpha value is -5.81. The molecule has 1 aliphatic heterocycles. The SMILES string of the molecule is CC1(c2ccccc2)c2cc(C3N=C(c4ccccc4)N=C(c4ccccn4)N3)ccc2-c2c1ccc1oc3ccccc3c21. The van der Waals surface area contributed by atoms with Gasteiger partial charge < -0.3 is 9.73 Å². The molecule has 2 atom stereocenters. The first-order valence-corrected chi connectivity index (χ1v) is 15.2. The molecule has 0 fully saturated rings. The Bertz CT molecular complexity index is 2310. The van der Waals surface area contributed by atoms with Gasteiger partial charge in [0.2, 0.25) is 0 Å². The number of pyridine rings is 1. The van der Waals surface area contributed by atoms with E-state index in [0.29, 0.717) is 11.7 Å². The van der Waals surface area contributed by atoms with Crippen LogP contribution in [0.1, 0.15) is 46.6 Å². The summed E-state index contributed by atoms with van der Waals surface area (Å²) >= 11 is 0. The fourth-order valence-electron chi connectivity index (χ4n) is 7.07. The third-order valence-electron chi connectivity index (χ3n) is 9.28. The van der Waals surface area contributed by atoms with Crippen molar-refractivity contribution in [2.24, 2.45) is 9.98 Å². The van der Waals surface area contributed by atoms with Gasteiger partial charge in [-0.1, -0.05) is 103 Å². The summed E-state index contributed by atoms with van der Waals surface area (Å²) in [5.41, 5.74) is 10.5. The van der Waals surface area contributed by atoms with Crippen LogP contribution < -0.4 is 5.32 Å². The van der Waals surface area contributed by atoms with Crippen LogP contribution in [0.3, 0.4) is 0 Å². The predicted octanol–water partition coefficient (Wildman–Crippen LogP) is 8.81. The van der Waals surface area contributed by atoms with Crippen molar-refractivity contribution in [2.45, 2.75) is 18.5 Å². The molecule has 0 saturated heterocycles. The molecule has 0 bridgehead atoms. The summed E-state index contributed by atoms with van der Waals surface area (Å²) < 4.78 is 6.35. The van der Waals surface area contributed by atoms with Gasteiger partial charge in [-0.05, 0) is 70.6 Å². The maximum absolute atomic E-state index is 6.35. The highest BCUT2D eigenvalue weighted by atomic mass is 16.3. The summed E-state index contributed by atoms with van der Waals surface area (Å²) in [6, 6.07) is 46.3. The molecule has 214 valence electrons. The zero-order valence-corrected chi connectivity index (χ0v) is 24.6. The van der Waals surface area contributed by atoms with Crippen molar-refractivity contribution < 1.29 is 4.42 Å². The highest BCUT2D eigenvalue weighted by molar-refractivity contribution is 6.15. The minimum Gasteiger partial charge on any atom is -0.456 e. The molecule has 2 unspecified atom stereocenters. The molecular formula is C40H28N4O. The number of fused-ring (bicyclic) bond motifs is 7. The van der Waals surface area contributed by atoms with Gasteiger partial charge in [0.05, 0.1) is 0 Å². The van der Waals surface area contributed by atoms with Gasteiger partial charge in [0.15, 0.2) is 11.7 Å². The Kier molecular flexibility index (Phi) is 5.62. The van der Waals surface area contributed by atoms with Crippen molar-refractivity contribution in [3.63, 3.8) is 0 Å². The Morgan fingerprint density at radius 1 is 0.711 bits per heavy atom. The summed E-state index contributed by atoms with van der Waals surface area (Å²) in [6.07, 6.45) is 1.44. The van der Waals surface area contributed by atoms with E-state index in [1.165, 1.54) is 33.2 Å². The summed E-state index contributed by atoms with van der Waals surface area (Å²) in [4.78, 5) is 14.7. The van der Waals surface area contributed by atoms with Crippen LogP contribution in [0.15, 0.2) is 154 Å². The van der Waals surface area contributed by atoms with Gasteiger partial charge in [0.1, 0.15) is 23.0 Å². The first-order valence-electron chi connectivity index (χ1n) is 15.2. The lowest BCUT2D eigenvalue weighted by atomic mass is 9.74. The van der Waals surface area contributed by atoms with Crippen LogP contribution in [-0.2, 0) is 5.41 Å². The maximum Gasteiger partial charge on any atom is 0.159 e. The lowest BCUT2D eigenvalue weighted by Gasteiger charge is -2.29. The molecule has 9 rings (SSSR count). The Labute approximate surface area is 260 Å². The molecule has 0 amide bonds. The molecule has 2 aromatic heterocycles. The summed E-state index contributed by atoms with van der Waals surface area (Å²) in [6.45, 7) is 2.35. The number of hydrogen-bond donors (Lipinski definition) is 1. The molecule has 3 heterocycles. The number of aromatic nitrogens is 1. The fourth-order valence-corrected chi connectivity index (χ4v) is 7.07. The third kappa shape index (κ3) is 3.90. The van der Waals surface area contributed by atoms with Gasteiger partial charge in [-0.15, -0.1) is 0 Å². The van der Waals surface area contributed by atoms with Crippen LogP contribution >= 0.6 is 0 Å². The zero-order chi connectivity index (χ0) is 30.0. The van der Waals surface area contributed by atoms with Crippen molar-refractivity contribution in [2.75, 3.05) is 0 Å². The van der Waals surface area contributed by atoms with E-state index in [0.717, 1.165) is 33.4 Å². The van der Waals surface area contributed by atoms with Gasteiger partial charge in [0.25, 0.3) is 0 Å². The highest BCUT2D eigenvalue weighted by Crippen LogP contribution is 2.56. The fraction of sp³-hybridized carbons (Fsp3) is 0.0750. The van der Waals surface area contributed by atoms with Gasteiger partial charge in [0, 0.05) is 27.9 Å². The van der Waals surface area contributed by atoms with E-state index in [4.69, 9.17) is 14.4 Å². The first kappa shape index (κ1) is 25.7. The van der Waals surface area contributed by atoms with Gasteiger partial charge in [-0.25, -0.2) is 9.98 Å². The van der Waals surface area contributed by atoms with Crippen molar-refractivity contribution >= 4 is 33.6 Å². The number of aliphatic imine (C=N–C) groups is 2. The molecule has 5 nitrogen and oxygen atoms in total. The Balaban J connectivity index is 1.26. The van der Waals surface area contributed by atoms with Crippen LogP contribution in [-0.4, -0.2) is 16.7 Å². The highest BCUT2D eigenvalue weighted by Gasteiger charge is 2.42. The van der Waals surface area contributed by atoms with Crippen LogP contribution in [0.4, 0.5) is 0 Å². The van der Waals surface area contributed by atoms with E-state index in [2.05, 4.69) is 96.1 Å². The number of rotatable bonds is 4. The molecule has 7 aromatic rings. The third-order valence-corrected chi connectivity index (χ3v) is 9.28. The summed E-state index contributed by atoms with van der Waals surface area (Å²) in [5.74, 6) is 1.39. The summed E-state index contributed by atoms with van der Waals surface area (Å²) in [7, 11) is 0. The van der Waals surface area contributed by atoms with Crippen LogP contribution in [0.25, 0.3) is 33.1 Å². The van der Waals surface area contributed by atoms with Crippen molar-refractivity contribution in [3.8, 4) is 11.1 Å². The molecule has 45 heavy (non-hydrogen) atoms. The quantitative estimate of drug-likeness (QED) is 0.226. The van der Waals surface area contributed by atoms with Gasteiger partial charge >= 0.3 is 0 Å². The van der Waals surface area contributed by atoms with Crippen molar-refractivity contribution in [1.29, 1.82) is 0 Å². The van der Waals surface area contributed by atoms with E-state index in [1.54, 1.807) is 6.20 Å². The zero-order valence-electron chi connectivity index (χ0n) is 24.6. The maximum atomic E-state index is 6.35. The van der Waals surface area contributed by atoms with Crippen LogP contribution in [0, 0.1) is 0 Å². The largest absolute Gasteiger partial charge is 0.456 e. The normalized spacial score (nSPS) is 18.6. The standard InChI is InChI=1S/C40H28N4O/c1-40(27-14-6-3-7-15-27)30-21-22-34-36(29-16-8-9-18-33(29)45-34)35(30)28-20-19-26(24-31(28)40)38-42-37(25-12-4-2-5-13-25)43-39(44-38)32-17-10-11-23-41-32/h2-24,38H,1H3,(H,42,43,44). The molecule has 5 aromatic carbocycles. The lowest BCUT2D eigenvalue weighted by molar-refractivity contribution is 0.663. The average Bonchev–Trinajstić information content (AvgIpc) is 3.62. The molecule has 1 aliphatic carbocycles. The lowest BCUT2D eigenvalue weighted by Crippen LogP contribution is -2.34. The van der Waals surface area contributed by atoms with E-state index < -0.39 is 0 Å². The van der Waals surface area contributed by atoms with E-state index in [-0.39, 0.29) is 11.6 Å². The van der Waals surface area contributed by atoms with Crippen LogP contribution in [0.2, 0.25) is 0 Å². The first-order chi connectivity index (χ1) is 22.2. The molecule has 5 heteroatoms.